The van der Waals surface area contributed by atoms with Crippen molar-refractivity contribution >= 4 is 68.1 Å². The van der Waals surface area contributed by atoms with Crippen molar-refractivity contribution in [1.29, 1.82) is 0 Å². The number of aryl methyl sites for hydroxylation is 1. The molecule has 1 unspecified atom stereocenters. The Morgan fingerprint density at radius 2 is 1.80 bits per heavy atom. The highest BCUT2D eigenvalue weighted by Gasteiger charge is 2.59. The van der Waals surface area contributed by atoms with Gasteiger partial charge in [0.1, 0.15) is 4.75 Å². The molecule has 0 spiro atoms. The predicted octanol–water partition coefficient (Wildman–Crippen LogP) is 7.63. The number of aromatic nitrogens is 1. The number of alkyl carbamates (subject to hydrolysis) is 1. The fourth-order valence-electron chi connectivity index (χ4n) is 6.53. The van der Waals surface area contributed by atoms with Gasteiger partial charge in [0.25, 0.3) is 0 Å². The first kappa shape index (κ1) is 32.5. The third-order valence-corrected chi connectivity index (χ3v) is 11.0. The Morgan fingerprint density at radius 3 is 2.50 bits per heavy atom. The Balaban J connectivity index is 1.43. The number of piperidine rings is 1. The minimum Gasteiger partial charge on any atom is -0.450 e. The summed E-state index contributed by atoms with van der Waals surface area (Å²) >= 11 is 11.4. The molecule has 2 fully saturated rings. The SMILES string of the molecule is CCOC(=O)NC1CCN(C(=O)C2(Sc3ccc(C)cc3)CC(=O)N(Cc3ccc(Br)cc3)[C@H]2c2c[nH]c3cc(Cl)ccc23)CC1. The fraction of sp³-hybridized carbons (Fsp3) is 0.343. The number of hydrogen-bond acceptors (Lipinski definition) is 5. The number of likely N-dealkylation sites (tertiary alicyclic amines) is 2. The van der Waals surface area contributed by atoms with E-state index in [1.54, 1.807) is 6.92 Å². The molecule has 8 nitrogen and oxygen atoms in total. The molecule has 2 atom stereocenters. The molecule has 240 valence electrons. The van der Waals surface area contributed by atoms with Crippen molar-refractivity contribution in [2.24, 2.45) is 0 Å². The van der Waals surface area contributed by atoms with Gasteiger partial charge < -0.3 is 24.8 Å². The number of ether oxygens (including phenoxy) is 1. The van der Waals surface area contributed by atoms with Gasteiger partial charge in [-0.1, -0.05) is 63.4 Å². The number of aromatic amines is 1. The molecular weight excluding hydrogens is 688 g/mol. The number of benzene rings is 3. The molecule has 2 aliphatic heterocycles. The van der Waals surface area contributed by atoms with Gasteiger partial charge in [-0.2, -0.15) is 0 Å². The predicted molar refractivity (Wildman–Crippen MR) is 185 cm³/mol. The summed E-state index contributed by atoms with van der Waals surface area (Å²) in [6.07, 6.45) is 2.73. The van der Waals surface area contributed by atoms with Crippen LogP contribution >= 0.6 is 39.3 Å². The second-order valence-electron chi connectivity index (χ2n) is 11.9. The molecule has 6 rings (SSSR count). The minimum atomic E-state index is -1.15. The molecule has 4 aromatic rings. The van der Waals surface area contributed by atoms with Crippen molar-refractivity contribution in [2.45, 2.75) is 61.4 Å². The molecule has 0 aliphatic carbocycles. The molecule has 1 aromatic heterocycles. The van der Waals surface area contributed by atoms with Gasteiger partial charge in [0, 0.05) is 62.7 Å². The maximum absolute atomic E-state index is 15.1. The third-order valence-electron chi connectivity index (χ3n) is 8.79. The number of carbonyl (C=O) groups is 3. The first-order valence-electron chi connectivity index (χ1n) is 15.5. The van der Waals surface area contributed by atoms with E-state index in [1.165, 1.54) is 11.8 Å². The molecule has 3 amide bonds. The summed E-state index contributed by atoms with van der Waals surface area (Å²) in [6.45, 7) is 5.38. The zero-order valence-electron chi connectivity index (χ0n) is 25.7. The smallest absolute Gasteiger partial charge is 0.407 e. The van der Waals surface area contributed by atoms with Crippen molar-refractivity contribution in [2.75, 3.05) is 19.7 Å². The molecular formula is C35H36BrClN4O4S. The number of nitrogens with zero attached hydrogens (tertiary/aromatic N) is 2. The standard InChI is InChI=1S/C35H36BrClN4O4S/c1-3-45-34(44)39-26-14-16-40(17-15-26)33(43)35(46-27-11-4-22(2)5-12-27)19-31(42)41(21-23-6-8-24(36)9-7-23)32(35)29-20-38-30-18-25(37)10-13-28(29)30/h4-13,18,20,26,32,38H,3,14-17,19,21H2,1-2H3,(H,39,44)/t32-,35?/m0/s1. The average molecular weight is 724 g/mol. The summed E-state index contributed by atoms with van der Waals surface area (Å²) in [5.41, 5.74) is 3.81. The number of halogens is 2. The summed E-state index contributed by atoms with van der Waals surface area (Å²) in [7, 11) is 0. The molecule has 2 saturated heterocycles. The monoisotopic (exact) mass is 722 g/mol. The topological polar surface area (TPSA) is 94.7 Å². The maximum atomic E-state index is 15.1. The maximum Gasteiger partial charge on any atom is 0.407 e. The number of thioether (sulfide) groups is 1. The molecule has 0 bridgehead atoms. The van der Waals surface area contributed by atoms with Crippen LogP contribution in [0.1, 0.15) is 48.9 Å². The first-order valence-corrected chi connectivity index (χ1v) is 17.4. The van der Waals surface area contributed by atoms with Gasteiger partial charge in [0.05, 0.1) is 19.1 Å². The van der Waals surface area contributed by atoms with Crippen molar-refractivity contribution in [3.05, 3.63) is 99.1 Å². The number of H-pyrrole nitrogens is 1. The van der Waals surface area contributed by atoms with Crippen molar-refractivity contribution < 1.29 is 19.1 Å². The molecule has 2 N–H and O–H groups in total. The molecule has 3 heterocycles. The van der Waals surface area contributed by atoms with Crippen LogP contribution in [-0.4, -0.2) is 63.2 Å². The van der Waals surface area contributed by atoms with Gasteiger partial charge in [-0.05, 0) is 68.7 Å². The van der Waals surface area contributed by atoms with Crippen LogP contribution in [0.3, 0.4) is 0 Å². The zero-order valence-corrected chi connectivity index (χ0v) is 28.9. The van der Waals surface area contributed by atoms with E-state index in [4.69, 9.17) is 16.3 Å². The van der Waals surface area contributed by atoms with Gasteiger partial charge in [-0.15, -0.1) is 11.8 Å². The van der Waals surface area contributed by atoms with Crippen LogP contribution < -0.4 is 5.32 Å². The lowest BCUT2D eigenvalue weighted by Crippen LogP contribution is -2.54. The molecule has 0 radical (unpaired) electrons. The van der Waals surface area contributed by atoms with Crippen LogP contribution in [0.25, 0.3) is 10.9 Å². The normalized spacial score (nSPS) is 20.3. The van der Waals surface area contributed by atoms with Crippen molar-refractivity contribution in [3.63, 3.8) is 0 Å². The quantitative estimate of drug-likeness (QED) is 0.195. The van der Waals surface area contributed by atoms with E-state index in [2.05, 4.69) is 26.2 Å². The minimum absolute atomic E-state index is 0.0485. The number of rotatable bonds is 8. The Morgan fingerprint density at radius 1 is 1.09 bits per heavy atom. The van der Waals surface area contributed by atoms with Crippen LogP contribution in [-0.2, 0) is 20.9 Å². The molecule has 2 aliphatic rings. The highest BCUT2D eigenvalue weighted by atomic mass is 79.9. The third kappa shape index (κ3) is 6.66. The Hall–Kier alpha value is -3.47. The molecule has 46 heavy (non-hydrogen) atoms. The number of nitrogens with one attached hydrogen (secondary N) is 2. The zero-order chi connectivity index (χ0) is 32.4. The van der Waals surface area contributed by atoms with E-state index >= 15 is 4.79 Å². The Labute approximate surface area is 286 Å². The van der Waals surface area contributed by atoms with E-state index < -0.39 is 16.9 Å². The molecule has 11 heteroatoms. The highest BCUT2D eigenvalue weighted by molar-refractivity contribution is 9.10. The van der Waals surface area contributed by atoms with Crippen LogP contribution in [0.15, 0.2) is 82.3 Å². The van der Waals surface area contributed by atoms with Gasteiger partial charge >= 0.3 is 6.09 Å². The second-order valence-corrected chi connectivity index (χ2v) is 14.7. The van der Waals surface area contributed by atoms with E-state index in [0.29, 0.717) is 44.1 Å². The average Bonchev–Trinajstić information content (AvgIpc) is 3.56. The lowest BCUT2D eigenvalue weighted by Gasteiger charge is -2.41. The molecule has 0 saturated carbocycles. The largest absolute Gasteiger partial charge is 0.450 e. The van der Waals surface area contributed by atoms with Crippen molar-refractivity contribution in [1.82, 2.24) is 20.1 Å². The number of amides is 3. The number of hydrogen-bond donors (Lipinski definition) is 2. The second kappa shape index (κ2) is 13.7. The van der Waals surface area contributed by atoms with E-state index in [9.17, 15) is 9.59 Å². The summed E-state index contributed by atoms with van der Waals surface area (Å²) in [4.78, 5) is 49.5. The highest BCUT2D eigenvalue weighted by Crippen LogP contribution is 2.55. The van der Waals surface area contributed by atoms with Gasteiger partial charge in [0.15, 0.2) is 0 Å². The van der Waals surface area contributed by atoms with Crippen LogP contribution in [0.2, 0.25) is 5.02 Å². The van der Waals surface area contributed by atoms with Crippen LogP contribution in [0.5, 0.6) is 0 Å². The summed E-state index contributed by atoms with van der Waals surface area (Å²) in [5.74, 6) is -0.157. The van der Waals surface area contributed by atoms with Crippen molar-refractivity contribution in [3.8, 4) is 0 Å². The summed E-state index contributed by atoms with van der Waals surface area (Å²) in [6, 6.07) is 21.1. The van der Waals surface area contributed by atoms with E-state index in [-0.39, 0.29) is 24.3 Å². The summed E-state index contributed by atoms with van der Waals surface area (Å²) < 4.78 is 4.88. The Bertz CT molecular complexity index is 1740. The van der Waals surface area contributed by atoms with Gasteiger partial charge in [-0.25, -0.2) is 4.79 Å². The number of fused-ring (bicyclic) bond motifs is 1. The van der Waals surface area contributed by atoms with E-state index in [1.807, 2.05) is 89.7 Å². The summed E-state index contributed by atoms with van der Waals surface area (Å²) in [5, 5.41) is 4.44. The Kier molecular flexibility index (Phi) is 9.68. The van der Waals surface area contributed by atoms with Crippen LogP contribution in [0, 0.1) is 6.92 Å². The van der Waals surface area contributed by atoms with Gasteiger partial charge in [-0.3, -0.25) is 9.59 Å². The first-order chi connectivity index (χ1) is 22.2. The lowest BCUT2D eigenvalue weighted by molar-refractivity contribution is -0.135. The van der Waals surface area contributed by atoms with Gasteiger partial charge in [0.2, 0.25) is 11.8 Å². The number of carbonyl (C=O) groups excluding carboxylic acids is 3. The fourth-order valence-corrected chi connectivity index (χ4v) is 8.44. The molecule has 3 aromatic carbocycles. The van der Waals surface area contributed by atoms with Crippen LogP contribution in [0.4, 0.5) is 4.79 Å². The lowest BCUT2D eigenvalue weighted by atomic mass is 9.89. The van der Waals surface area contributed by atoms with E-state index in [0.717, 1.165) is 37.0 Å².